The maximum atomic E-state index is 11.5. The van der Waals surface area contributed by atoms with Crippen LogP contribution >= 0.6 is 0 Å². The van der Waals surface area contributed by atoms with Gasteiger partial charge in [0.25, 0.3) is 0 Å². The molecule has 6 unspecified atom stereocenters. The molecule has 3 aliphatic carbocycles. The molecule has 2 N–H and O–H groups in total. The van der Waals surface area contributed by atoms with E-state index >= 15 is 0 Å². The molecule has 126 valence electrons. The van der Waals surface area contributed by atoms with Crippen LogP contribution in [-0.4, -0.2) is 21.9 Å². The first-order chi connectivity index (χ1) is 10.1. The van der Waals surface area contributed by atoms with E-state index in [1.54, 1.807) is 0 Å². The Bertz CT molecular complexity index is 470. The average molecular weight is 306 g/mol. The van der Waals surface area contributed by atoms with Crippen molar-refractivity contribution in [3.63, 3.8) is 0 Å². The quantitative estimate of drug-likeness (QED) is 0.709. The Labute approximate surface area is 136 Å². The molecule has 3 aliphatic rings. The van der Waals surface area contributed by atoms with Crippen LogP contribution in [0.15, 0.2) is 12.7 Å². The van der Waals surface area contributed by atoms with Crippen molar-refractivity contribution in [3.05, 3.63) is 12.7 Å². The molecule has 2 heteroatoms. The zero-order chi connectivity index (χ0) is 16.4. The molecule has 0 heterocycles. The van der Waals surface area contributed by atoms with Gasteiger partial charge in [-0.2, -0.15) is 0 Å². The fourth-order valence-corrected chi connectivity index (χ4v) is 6.62. The zero-order valence-corrected chi connectivity index (χ0v) is 14.9. The normalized spacial score (nSPS) is 54.2. The molecule has 22 heavy (non-hydrogen) atoms. The first-order valence-corrected chi connectivity index (χ1v) is 9.11. The van der Waals surface area contributed by atoms with Crippen LogP contribution in [0.2, 0.25) is 0 Å². The Morgan fingerprint density at radius 1 is 0.955 bits per heavy atom. The summed E-state index contributed by atoms with van der Waals surface area (Å²) in [5, 5.41) is 22.4. The molecule has 3 rings (SSSR count). The Morgan fingerprint density at radius 2 is 1.59 bits per heavy atom. The summed E-state index contributed by atoms with van der Waals surface area (Å²) in [6.07, 6.45) is 8.59. The third kappa shape index (κ3) is 2.13. The number of allylic oxidation sites excluding steroid dienone is 1. The van der Waals surface area contributed by atoms with Gasteiger partial charge < -0.3 is 10.2 Å². The third-order valence-corrected chi connectivity index (χ3v) is 7.95. The van der Waals surface area contributed by atoms with Gasteiger partial charge in [-0.05, 0) is 67.6 Å². The van der Waals surface area contributed by atoms with Gasteiger partial charge in [0.2, 0.25) is 0 Å². The summed E-state index contributed by atoms with van der Waals surface area (Å²) < 4.78 is 0. The second-order valence-electron chi connectivity index (χ2n) is 9.73. The molecule has 0 bridgehead atoms. The van der Waals surface area contributed by atoms with Crippen molar-refractivity contribution in [1.29, 1.82) is 0 Å². The van der Waals surface area contributed by atoms with Crippen LogP contribution in [0.25, 0.3) is 0 Å². The molecule has 0 amide bonds. The lowest BCUT2D eigenvalue weighted by Crippen LogP contribution is -2.65. The van der Waals surface area contributed by atoms with Crippen molar-refractivity contribution >= 4 is 0 Å². The number of aliphatic hydroxyl groups is 2. The van der Waals surface area contributed by atoms with Gasteiger partial charge in [0.05, 0.1) is 11.7 Å². The van der Waals surface area contributed by atoms with Crippen LogP contribution < -0.4 is 0 Å². The third-order valence-electron chi connectivity index (χ3n) is 7.95. The molecule has 0 aliphatic heterocycles. The van der Waals surface area contributed by atoms with Crippen molar-refractivity contribution in [2.45, 2.75) is 84.3 Å². The molecule has 3 saturated carbocycles. The van der Waals surface area contributed by atoms with Crippen LogP contribution in [0.3, 0.4) is 0 Å². The van der Waals surface area contributed by atoms with Crippen LogP contribution in [0.5, 0.6) is 0 Å². The maximum Gasteiger partial charge on any atom is 0.0690 e. The molecule has 0 saturated heterocycles. The summed E-state index contributed by atoms with van der Waals surface area (Å²) in [5.74, 6) is 0.739. The highest BCUT2D eigenvalue weighted by Gasteiger charge is 2.64. The van der Waals surface area contributed by atoms with Crippen LogP contribution in [0, 0.1) is 28.1 Å². The van der Waals surface area contributed by atoms with Gasteiger partial charge in [-0.15, -0.1) is 6.58 Å². The van der Waals surface area contributed by atoms with Crippen molar-refractivity contribution in [2.75, 3.05) is 0 Å². The van der Waals surface area contributed by atoms with E-state index in [9.17, 15) is 10.2 Å². The van der Waals surface area contributed by atoms with Crippen LogP contribution in [0.1, 0.15) is 72.6 Å². The lowest BCUT2D eigenvalue weighted by molar-refractivity contribution is -0.237. The fraction of sp³-hybridized carbons (Fsp3) is 0.900. The molecule has 0 radical (unpaired) electrons. The smallest absolute Gasteiger partial charge is 0.0690 e. The van der Waals surface area contributed by atoms with Crippen molar-refractivity contribution in [2.24, 2.45) is 28.1 Å². The van der Waals surface area contributed by atoms with E-state index in [-0.39, 0.29) is 28.3 Å². The van der Waals surface area contributed by atoms with E-state index in [1.807, 2.05) is 6.08 Å². The highest BCUT2D eigenvalue weighted by molar-refractivity contribution is 5.15. The number of aliphatic hydroxyl groups excluding tert-OH is 1. The first kappa shape index (κ1) is 16.5. The van der Waals surface area contributed by atoms with Gasteiger partial charge in [0.1, 0.15) is 0 Å². The monoisotopic (exact) mass is 306 g/mol. The van der Waals surface area contributed by atoms with Gasteiger partial charge in [-0.1, -0.05) is 33.8 Å². The molecule has 0 aromatic heterocycles. The predicted molar refractivity (Wildman–Crippen MR) is 90.4 cm³/mol. The maximum absolute atomic E-state index is 11.5. The summed E-state index contributed by atoms with van der Waals surface area (Å²) in [5.41, 5.74) is -0.448. The minimum Gasteiger partial charge on any atom is -0.393 e. The van der Waals surface area contributed by atoms with Gasteiger partial charge in [0.15, 0.2) is 0 Å². The second kappa shape index (κ2) is 4.83. The molecular formula is C20H34O2. The predicted octanol–water partition coefficient (Wildman–Crippen LogP) is 4.31. The highest BCUT2D eigenvalue weighted by atomic mass is 16.3. The summed E-state index contributed by atoms with van der Waals surface area (Å²) in [7, 11) is 0. The van der Waals surface area contributed by atoms with Gasteiger partial charge in [0, 0.05) is 5.41 Å². The Hall–Kier alpha value is -0.340. The lowest BCUT2D eigenvalue weighted by Gasteiger charge is -2.65. The van der Waals surface area contributed by atoms with Crippen LogP contribution in [-0.2, 0) is 0 Å². The number of rotatable bonds is 1. The summed E-state index contributed by atoms with van der Waals surface area (Å²) >= 11 is 0. The van der Waals surface area contributed by atoms with Gasteiger partial charge in [-0.25, -0.2) is 0 Å². The topological polar surface area (TPSA) is 40.5 Å². The number of fused-ring (bicyclic) bond motifs is 3. The van der Waals surface area contributed by atoms with E-state index in [2.05, 4.69) is 34.3 Å². The van der Waals surface area contributed by atoms with Gasteiger partial charge >= 0.3 is 0 Å². The molecule has 3 fully saturated rings. The summed E-state index contributed by atoms with van der Waals surface area (Å²) in [6, 6.07) is 0. The molecule has 0 aromatic carbocycles. The zero-order valence-electron chi connectivity index (χ0n) is 14.9. The molecule has 2 nitrogen and oxygen atoms in total. The lowest BCUT2D eigenvalue weighted by atomic mass is 9.41. The highest BCUT2D eigenvalue weighted by Crippen LogP contribution is 2.66. The standard InChI is InChI=1S/C20H34O2/c1-6-18(4)11-7-15-19(5)14(8-12-20(15,22)13-18)17(2,3)10-9-16(19)21/h6,14-16,21-22H,1,7-13H2,2-5H3. The summed E-state index contributed by atoms with van der Waals surface area (Å²) in [4.78, 5) is 0. The number of hydrogen-bond donors (Lipinski definition) is 2. The Kier molecular flexibility index (Phi) is 3.63. The summed E-state index contributed by atoms with van der Waals surface area (Å²) in [6.45, 7) is 13.2. The van der Waals surface area contributed by atoms with Crippen molar-refractivity contribution in [1.82, 2.24) is 0 Å². The van der Waals surface area contributed by atoms with Crippen LogP contribution in [0.4, 0.5) is 0 Å². The first-order valence-electron chi connectivity index (χ1n) is 9.11. The fourth-order valence-electron chi connectivity index (χ4n) is 6.62. The van der Waals surface area contributed by atoms with E-state index in [0.717, 1.165) is 44.9 Å². The molecule has 6 atom stereocenters. The minimum atomic E-state index is -0.624. The van der Waals surface area contributed by atoms with E-state index in [4.69, 9.17) is 0 Å². The van der Waals surface area contributed by atoms with Gasteiger partial charge in [-0.3, -0.25) is 0 Å². The molecule has 0 aromatic rings. The molecular weight excluding hydrogens is 272 g/mol. The average Bonchev–Trinajstić information content (AvgIpc) is 2.42. The Morgan fingerprint density at radius 3 is 2.23 bits per heavy atom. The number of hydrogen-bond acceptors (Lipinski definition) is 2. The largest absolute Gasteiger partial charge is 0.393 e. The Balaban J connectivity index is 1.99. The van der Waals surface area contributed by atoms with E-state index < -0.39 is 5.60 Å². The van der Waals surface area contributed by atoms with Crippen molar-refractivity contribution in [3.8, 4) is 0 Å². The van der Waals surface area contributed by atoms with E-state index in [0.29, 0.717) is 5.92 Å². The minimum absolute atomic E-state index is 0.0452. The van der Waals surface area contributed by atoms with Crippen molar-refractivity contribution < 1.29 is 10.2 Å². The molecule has 0 spiro atoms. The SMILES string of the molecule is C=CC1(C)CCC2C(O)(CCC3C(C)(C)CCC(O)C32C)C1. The second-order valence-corrected chi connectivity index (χ2v) is 9.73. The van der Waals surface area contributed by atoms with E-state index in [1.165, 1.54) is 0 Å².